The van der Waals surface area contributed by atoms with E-state index in [-0.39, 0.29) is 23.1 Å². The first-order chi connectivity index (χ1) is 18.1. The standard InChI is InChI=1S/C30H41N5O3/c1-7-26(36)35-13-11-34(12-14-35)19-21-10-8-9-20-16-25(33(5)27(20)21)29(37)32-24-17-23(30(2,3)4)15-22(18-31)28(24)38-6/h8-10,16-18,23,31H,7,11-15,19H2,1-6H3,(H,32,37). The number of nitrogens with one attached hydrogen (secondary N) is 2. The maximum absolute atomic E-state index is 13.6. The van der Waals surface area contributed by atoms with Gasteiger partial charge < -0.3 is 24.9 Å². The highest BCUT2D eigenvalue weighted by molar-refractivity contribution is 6.00. The molecular formula is C30H41N5O3. The third-order valence-corrected chi connectivity index (χ3v) is 7.88. The number of amides is 2. The Kier molecular flexibility index (Phi) is 8.11. The van der Waals surface area contributed by atoms with Crippen LogP contribution in [0.2, 0.25) is 0 Å². The van der Waals surface area contributed by atoms with Crippen molar-refractivity contribution in [2.45, 2.75) is 47.1 Å². The molecular weight excluding hydrogens is 478 g/mol. The van der Waals surface area contributed by atoms with Crippen molar-refractivity contribution in [2.24, 2.45) is 18.4 Å². The Labute approximate surface area is 225 Å². The van der Waals surface area contributed by atoms with Gasteiger partial charge in [0.2, 0.25) is 5.91 Å². The zero-order valence-corrected chi connectivity index (χ0v) is 23.6. The lowest BCUT2D eigenvalue weighted by Gasteiger charge is -2.34. The normalized spacial score (nSPS) is 18.9. The number of methoxy groups -OCH3 is 1. The van der Waals surface area contributed by atoms with Crippen LogP contribution >= 0.6 is 0 Å². The molecule has 0 radical (unpaired) electrons. The fourth-order valence-electron chi connectivity index (χ4n) is 5.51. The van der Waals surface area contributed by atoms with E-state index in [1.54, 1.807) is 7.11 Å². The number of para-hydroxylation sites is 1. The van der Waals surface area contributed by atoms with E-state index >= 15 is 0 Å². The molecule has 1 aromatic heterocycles. The monoisotopic (exact) mass is 519 g/mol. The van der Waals surface area contributed by atoms with Gasteiger partial charge in [0.05, 0.1) is 18.3 Å². The number of allylic oxidation sites excluding steroid dienone is 2. The summed E-state index contributed by atoms with van der Waals surface area (Å²) in [5.41, 5.74) is 4.15. The highest BCUT2D eigenvalue weighted by Crippen LogP contribution is 2.38. The summed E-state index contributed by atoms with van der Waals surface area (Å²) in [6, 6.07) is 8.13. The Morgan fingerprint density at radius 2 is 1.89 bits per heavy atom. The smallest absolute Gasteiger partial charge is 0.272 e. The minimum absolute atomic E-state index is 0.0205. The van der Waals surface area contributed by atoms with Gasteiger partial charge in [-0.1, -0.05) is 52.0 Å². The summed E-state index contributed by atoms with van der Waals surface area (Å²) in [7, 11) is 3.51. The fourth-order valence-corrected chi connectivity index (χ4v) is 5.51. The van der Waals surface area contributed by atoms with Gasteiger partial charge in [-0.2, -0.15) is 0 Å². The first-order valence-electron chi connectivity index (χ1n) is 13.5. The topological polar surface area (TPSA) is 90.7 Å². The van der Waals surface area contributed by atoms with Crippen molar-refractivity contribution in [3.8, 4) is 0 Å². The molecule has 2 aliphatic rings. The van der Waals surface area contributed by atoms with E-state index in [4.69, 9.17) is 10.1 Å². The predicted molar refractivity (Wildman–Crippen MR) is 151 cm³/mol. The predicted octanol–water partition coefficient (Wildman–Crippen LogP) is 4.46. The number of fused-ring (bicyclic) bond motifs is 1. The Balaban J connectivity index is 1.58. The lowest BCUT2D eigenvalue weighted by atomic mass is 9.74. The molecule has 8 heteroatoms. The molecule has 4 rings (SSSR count). The van der Waals surface area contributed by atoms with Gasteiger partial charge in [-0.15, -0.1) is 0 Å². The molecule has 2 amide bonds. The number of aryl methyl sites for hydroxylation is 1. The molecule has 1 aromatic carbocycles. The van der Waals surface area contributed by atoms with E-state index in [0.29, 0.717) is 30.0 Å². The fraction of sp³-hybridized carbons (Fsp3) is 0.500. The number of hydrogen-bond donors (Lipinski definition) is 2. The van der Waals surface area contributed by atoms with Gasteiger partial charge in [0.15, 0.2) is 0 Å². The van der Waals surface area contributed by atoms with E-state index in [2.05, 4.69) is 43.1 Å². The van der Waals surface area contributed by atoms with Crippen molar-refractivity contribution >= 4 is 28.9 Å². The molecule has 0 saturated carbocycles. The third-order valence-electron chi connectivity index (χ3n) is 7.88. The molecule has 0 spiro atoms. The first kappa shape index (κ1) is 27.6. The quantitative estimate of drug-likeness (QED) is 0.529. The molecule has 38 heavy (non-hydrogen) atoms. The SMILES string of the molecule is CCC(=O)N1CCN(Cc2cccc3cc(C(=O)NC4=CC(C(C)(C)C)CC(C=N)=C4OC)n(C)c23)CC1. The summed E-state index contributed by atoms with van der Waals surface area (Å²) < 4.78 is 7.60. The van der Waals surface area contributed by atoms with Crippen LogP contribution in [0.5, 0.6) is 0 Å². The molecule has 2 aromatic rings. The highest BCUT2D eigenvalue weighted by atomic mass is 16.5. The largest absolute Gasteiger partial charge is 0.494 e. The van der Waals surface area contributed by atoms with E-state index in [1.165, 1.54) is 6.21 Å². The number of piperazine rings is 1. The molecule has 1 saturated heterocycles. The first-order valence-corrected chi connectivity index (χ1v) is 13.5. The van der Waals surface area contributed by atoms with Gasteiger partial charge in [-0.3, -0.25) is 14.5 Å². The van der Waals surface area contributed by atoms with Crippen molar-refractivity contribution < 1.29 is 14.3 Å². The van der Waals surface area contributed by atoms with E-state index in [1.807, 2.05) is 41.6 Å². The van der Waals surface area contributed by atoms with Crippen LogP contribution in [0.1, 0.15) is 56.6 Å². The Bertz CT molecular complexity index is 1290. The van der Waals surface area contributed by atoms with Crippen LogP contribution in [0.4, 0.5) is 0 Å². The number of aromatic nitrogens is 1. The number of hydrogen-bond acceptors (Lipinski definition) is 5. The summed E-state index contributed by atoms with van der Waals surface area (Å²) >= 11 is 0. The van der Waals surface area contributed by atoms with Crippen molar-refractivity contribution in [1.29, 1.82) is 5.41 Å². The minimum atomic E-state index is -0.207. The zero-order valence-electron chi connectivity index (χ0n) is 23.6. The van der Waals surface area contributed by atoms with Gasteiger partial charge in [-0.25, -0.2) is 0 Å². The lowest BCUT2D eigenvalue weighted by molar-refractivity contribution is -0.132. The summed E-state index contributed by atoms with van der Waals surface area (Å²) in [5.74, 6) is 0.724. The van der Waals surface area contributed by atoms with Crippen molar-refractivity contribution in [3.63, 3.8) is 0 Å². The number of ether oxygens (including phenoxy) is 1. The Hall–Kier alpha value is -3.39. The second kappa shape index (κ2) is 11.2. The summed E-state index contributed by atoms with van der Waals surface area (Å²) in [6.07, 6.45) is 4.65. The Morgan fingerprint density at radius 3 is 2.50 bits per heavy atom. The third kappa shape index (κ3) is 5.55. The molecule has 8 nitrogen and oxygen atoms in total. The maximum Gasteiger partial charge on any atom is 0.272 e. The molecule has 2 N–H and O–H groups in total. The van der Waals surface area contributed by atoms with Crippen LogP contribution in [0.25, 0.3) is 10.9 Å². The molecule has 1 fully saturated rings. The number of nitrogens with zero attached hydrogens (tertiary/aromatic N) is 3. The second-order valence-corrected chi connectivity index (χ2v) is 11.4. The molecule has 2 heterocycles. The van der Waals surface area contributed by atoms with Crippen LogP contribution < -0.4 is 5.32 Å². The van der Waals surface area contributed by atoms with Crippen LogP contribution in [-0.2, 0) is 23.1 Å². The summed E-state index contributed by atoms with van der Waals surface area (Å²) in [4.78, 5) is 29.9. The second-order valence-electron chi connectivity index (χ2n) is 11.4. The molecule has 1 aliphatic heterocycles. The molecule has 0 bridgehead atoms. The van der Waals surface area contributed by atoms with Gasteiger partial charge in [0.1, 0.15) is 11.5 Å². The van der Waals surface area contributed by atoms with E-state index in [0.717, 1.165) is 54.8 Å². The van der Waals surface area contributed by atoms with Crippen molar-refractivity contribution in [2.75, 3.05) is 33.3 Å². The Morgan fingerprint density at radius 1 is 1.18 bits per heavy atom. The zero-order chi connectivity index (χ0) is 27.6. The summed E-state index contributed by atoms with van der Waals surface area (Å²) in [5, 5.41) is 12.0. The number of carbonyl (C=O) groups is 2. The van der Waals surface area contributed by atoms with Crippen LogP contribution in [-0.4, -0.2) is 65.7 Å². The molecule has 1 unspecified atom stereocenters. The number of carbonyl (C=O) groups excluding carboxylic acids is 2. The van der Waals surface area contributed by atoms with E-state index in [9.17, 15) is 9.59 Å². The average molecular weight is 520 g/mol. The number of benzene rings is 1. The van der Waals surface area contributed by atoms with Crippen molar-refractivity contribution in [3.05, 3.63) is 58.6 Å². The van der Waals surface area contributed by atoms with Crippen LogP contribution in [0, 0.1) is 16.7 Å². The van der Waals surface area contributed by atoms with Crippen LogP contribution in [0.3, 0.4) is 0 Å². The molecule has 204 valence electrons. The maximum atomic E-state index is 13.6. The van der Waals surface area contributed by atoms with Crippen molar-refractivity contribution in [1.82, 2.24) is 19.7 Å². The van der Waals surface area contributed by atoms with Gasteiger partial charge in [0, 0.05) is 63.4 Å². The average Bonchev–Trinajstić information content (AvgIpc) is 3.25. The van der Waals surface area contributed by atoms with E-state index < -0.39 is 0 Å². The lowest BCUT2D eigenvalue weighted by Crippen LogP contribution is -2.48. The number of rotatable bonds is 7. The van der Waals surface area contributed by atoms with Gasteiger partial charge in [0.25, 0.3) is 5.91 Å². The van der Waals surface area contributed by atoms with Gasteiger partial charge in [-0.05, 0) is 29.4 Å². The van der Waals surface area contributed by atoms with Gasteiger partial charge >= 0.3 is 0 Å². The van der Waals surface area contributed by atoms with Crippen LogP contribution in [0.15, 0.2) is 47.4 Å². The summed E-state index contributed by atoms with van der Waals surface area (Å²) in [6.45, 7) is 12.4. The molecule has 1 aliphatic carbocycles. The molecule has 1 atom stereocenters. The highest BCUT2D eigenvalue weighted by Gasteiger charge is 2.31. The minimum Gasteiger partial charge on any atom is -0.494 e.